The number of halogens is 4. The number of rotatable bonds is 9. The third-order valence-corrected chi connectivity index (χ3v) is 7.94. The van der Waals surface area contributed by atoms with Crippen molar-refractivity contribution in [1.29, 1.82) is 0 Å². The fraction of sp³-hybridized carbons (Fsp3) is 0.429. The van der Waals surface area contributed by atoms with Crippen molar-refractivity contribution in [2.75, 3.05) is 12.4 Å². The highest BCUT2D eigenvalue weighted by Crippen LogP contribution is 2.40. The molecule has 0 aliphatic heterocycles. The molecule has 14 nitrogen and oxygen atoms in total. The van der Waals surface area contributed by atoms with Gasteiger partial charge in [0, 0.05) is 31.0 Å². The number of hydrogen-bond acceptors (Lipinski definition) is 10. The van der Waals surface area contributed by atoms with E-state index < -0.39 is 30.2 Å². The van der Waals surface area contributed by atoms with Gasteiger partial charge in [-0.25, -0.2) is 24.0 Å². The molecule has 1 atom stereocenters. The third kappa shape index (κ3) is 6.51. The zero-order valence-corrected chi connectivity index (χ0v) is 25.0. The number of H-pyrrole nitrogens is 1. The van der Waals surface area contributed by atoms with Crippen molar-refractivity contribution in [2.24, 2.45) is 0 Å². The average Bonchev–Trinajstić information content (AvgIpc) is 3.75. The highest BCUT2D eigenvalue weighted by Gasteiger charge is 2.43. The first-order chi connectivity index (χ1) is 21.9. The number of ether oxygens (including phenoxy) is 1. The Balaban J connectivity index is 1.17. The van der Waals surface area contributed by atoms with Crippen molar-refractivity contribution >= 4 is 28.6 Å². The van der Waals surface area contributed by atoms with Crippen molar-refractivity contribution < 1.29 is 27.1 Å². The maximum absolute atomic E-state index is 13.5. The Morgan fingerprint density at radius 2 is 1.96 bits per heavy atom. The Morgan fingerprint density at radius 1 is 1.17 bits per heavy atom. The minimum absolute atomic E-state index is 0.115. The lowest BCUT2D eigenvalue weighted by Crippen LogP contribution is -2.51. The van der Waals surface area contributed by atoms with Gasteiger partial charge in [-0.15, -0.1) is 0 Å². The number of aromatic nitrogens is 10. The van der Waals surface area contributed by atoms with E-state index in [2.05, 4.69) is 51.0 Å². The average molecular weight is 643 g/mol. The van der Waals surface area contributed by atoms with Gasteiger partial charge in [0.1, 0.15) is 23.8 Å². The first-order valence-corrected chi connectivity index (χ1v) is 14.4. The van der Waals surface area contributed by atoms with E-state index in [0.717, 1.165) is 16.6 Å². The van der Waals surface area contributed by atoms with Gasteiger partial charge in [0.15, 0.2) is 23.1 Å². The van der Waals surface area contributed by atoms with Crippen LogP contribution in [0, 0.1) is 12.7 Å². The summed E-state index contributed by atoms with van der Waals surface area (Å²) in [5, 5.41) is 21.2. The molecule has 1 fully saturated rings. The number of fused-ring (bicyclic) bond motifs is 1. The van der Waals surface area contributed by atoms with Crippen LogP contribution in [0.1, 0.15) is 61.8 Å². The molecule has 0 spiro atoms. The highest BCUT2D eigenvalue weighted by atomic mass is 19.4. The summed E-state index contributed by atoms with van der Waals surface area (Å²) in [4.78, 5) is 31.3. The quantitative estimate of drug-likeness (QED) is 0.198. The third-order valence-electron chi connectivity index (χ3n) is 7.94. The highest BCUT2D eigenvalue weighted by molar-refractivity contribution is 5.88. The number of methoxy groups -OCH3 is 1. The van der Waals surface area contributed by atoms with E-state index in [0.29, 0.717) is 54.2 Å². The molecule has 5 aromatic heterocycles. The Kier molecular flexibility index (Phi) is 8.13. The molecule has 1 aliphatic rings. The summed E-state index contributed by atoms with van der Waals surface area (Å²) in [5.74, 6) is 0.399. The number of nitrogens with zero attached hydrogens (tertiary/aromatic N) is 9. The summed E-state index contributed by atoms with van der Waals surface area (Å²) in [5.41, 5.74) is 0.260. The molecule has 5 aromatic rings. The van der Waals surface area contributed by atoms with Crippen LogP contribution in [0.4, 0.5) is 29.2 Å². The Morgan fingerprint density at radius 3 is 2.57 bits per heavy atom. The van der Waals surface area contributed by atoms with Crippen LogP contribution in [-0.4, -0.2) is 74.5 Å². The standard InChI is InChI=1S/C28H30F4N12O2/c1-15-8-21(41-40-15)37-24-19-13-43(14-28(30,31)32)42-25(19)39-23(38-24)17-4-6-27(46-3,7-5-17)26(45)36-16(2)20-10-34-22(11-33-20)44-12-18(29)9-35-44/h8-13,16-17H,4-7,14H2,1-3H3,(H,36,45)(H2,37,38,39,40,41,42)/t16-,17?,27?/m0/s1. The van der Waals surface area contributed by atoms with Crippen LogP contribution >= 0.6 is 0 Å². The van der Waals surface area contributed by atoms with Crippen LogP contribution in [0.15, 0.2) is 37.1 Å². The number of hydrogen-bond donors (Lipinski definition) is 3. The van der Waals surface area contributed by atoms with E-state index in [-0.39, 0.29) is 23.3 Å². The van der Waals surface area contributed by atoms with Crippen molar-refractivity contribution in [3.05, 3.63) is 60.1 Å². The molecule has 0 saturated heterocycles. The van der Waals surface area contributed by atoms with Crippen molar-refractivity contribution in [3.8, 4) is 5.82 Å². The van der Waals surface area contributed by atoms with Gasteiger partial charge in [0.2, 0.25) is 0 Å². The smallest absolute Gasteiger partial charge is 0.368 e. The number of aryl methyl sites for hydroxylation is 1. The fourth-order valence-corrected chi connectivity index (χ4v) is 5.48. The van der Waals surface area contributed by atoms with Gasteiger partial charge in [-0.05, 0) is 39.5 Å². The van der Waals surface area contributed by atoms with E-state index in [1.54, 1.807) is 13.0 Å². The summed E-state index contributed by atoms with van der Waals surface area (Å²) >= 11 is 0. The molecular formula is C28H30F4N12O2. The number of aromatic amines is 1. The normalized spacial score (nSPS) is 19.3. The lowest BCUT2D eigenvalue weighted by atomic mass is 9.77. The Bertz CT molecular complexity index is 1840. The summed E-state index contributed by atoms with van der Waals surface area (Å²) in [7, 11) is 1.48. The van der Waals surface area contributed by atoms with Crippen molar-refractivity contribution in [2.45, 2.75) is 69.8 Å². The second kappa shape index (κ2) is 12.1. The molecule has 1 saturated carbocycles. The molecule has 1 aliphatic carbocycles. The molecule has 5 heterocycles. The largest absolute Gasteiger partial charge is 0.408 e. The maximum atomic E-state index is 13.5. The topological polar surface area (TPSA) is 166 Å². The zero-order valence-electron chi connectivity index (χ0n) is 25.0. The van der Waals surface area contributed by atoms with Gasteiger partial charge in [-0.2, -0.15) is 28.5 Å². The van der Waals surface area contributed by atoms with Gasteiger partial charge in [0.25, 0.3) is 5.91 Å². The zero-order chi connectivity index (χ0) is 32.6. The number of alkyl halides is 3. The van der Waals surface area contributed by atoms with Gasteiger partial charge in [-0.3, -0.25) is 19.6 Å². The van der Waals surface area contributed by atoms with E-state index in [4.69, 9.17) is 4.74 Å². The molecule has 242 valence electrons. The predicted octanol–water partition coefficient (Wildman–Crippen LogP) is 4.20. The molecule has 6 rings (SSSR count). The van der Waals surface area contributed by atoms with Gasteiger partial charge in [0.05, 0.1) is 41.9 Å². The van der Waals surface area contributed by atoms with Gasteiger partial charge < -0.3 is 15.4 Å². The van der Waals surface area contributed by atoms with Gasteiger partial charge >= 0.3 is 6.18 Å². The van der Waals surface area contributed by atoms with Crippen LogP contribution in [-0.2, 0) is 16.1 Å². The number of anilines is 2. The Hall–Kier alpha value is -5.00. The molecule has 1 amide bonds. The van der Waals surface area contributed by atoms with E-state index in [1.807, 2.05) is 6.92 Å². The second-order valence-corrected chi connectivity index (χ2v) is 11.2. The monoisotopic (exact) mass is 642 g/mol. The van der Waals surface area contributed by atoms with Crippen LogP contribution in [0.5, 0.6) is 0 Å². The number of nitrogens with one attached hydrogen (secondary N) is 3. The van der Waals surface area contributed by atoms with E-state index >= 15 is 0 Å². The minimum atomic E-state index is -4.47. The molecule has 18 heteroatoms. The maximum Gasteiger partial charge on any atom is 0.408 e. The van der Waals surface area contributed by atoms with E-state index in [9.17, 15) is 22.4 Å². The molecule has 3 N–H and O–H groups in total. The van der Waals surface area contributed by atoms with Crippen LogP contribution in [0.25, 0.3) is 16.9 Å². The molecule has 46 heavy (non-hydrogen) atoms. The predicted molar refractivity (Wildman–Crippen MR) is 155 cm³/mol. The first-order valence-electron chi connectivity index (χ1n) is 14.4. The summed E-state index contributed by atoms with van der Waals surface area (Å²) in [6, 6.07) is 1.23. The summed E-state index contributed by atoms with van der Waals surface area (Å²) < 4.78 is 60.5. The van der Waals surface area contributed by atoms with Crippen LogP contribution < -0.4 is 10.6 Å². The minimum Gasteiger partial charge on any atom is -0.368 e. The molecule has 0 aromatic carbocycles. The number of carbonyl (C=O) groups excluding carboxylic acids is 1. The van der Waals surface area contributed by atoms with Gasteiger partial charge in [-0.1, -0.05) is 0 Å². The molecule has 0 bridgehead atoms. The second-order valence-electron chi connectivity index (χ2n) is 11.2. The first kappa shape index (κ1) is 31.0. The molecule has 0 unspecified atom stereocenters. The molecular weight excluding hydrogens is 612 g/mol. The SMILES string of the molecule is COC1(C(=O)N[C@@H](C)c2cnc(-n3cc(F)cn3)cn2)CCC(c2nc(Nc3cc(C)[nH]n3)c3cn(CC(F)(F)F)nc3n2)CC1. The lowest BCUT2D eigenvalue weighted by Gasteiger charge is -2.38. The lowest BCUT2D eigenvalue weighted by molar-refractivity contribution is -0.148. The van der Waals surface area contributed by atoms with Crippen LogP contribution in [0.2, 0.25) is 0 Å². The summed E-state index contributed by atoms with van der Waals surface area (Å²) in [6.45, 7) is 2.31. The van der Waals surface area contributed by atoms with Crippen molar-refractivity contribution in [1.82, 2.24) is 55.0 Å². The van der Waals surface area contributed by atoms with Crippen molar-refractivity contribution in [3.63, 3.8) is 0 Å². The fourth-order valence-electron chi connectivity index (χ4n) is 5.48. The summed E-state index contributed by atoms with van der Waals surface area (Å²) in [6.07, 6.45) is 3.57. The number of carbonyl (C=O) groups is 1. The Labute approximate surface area is 259 Å². The van der Waals surface area contributed by atoms with Crippen LogP contribution in [0.3, 0.4) is 0 Å². The van der Waals surface area contributed by atoms with E-state index in [1.165, 1.54) is 36.6 Å². The number of amides is 1. The molecule has 0 radical (unpaired) electrons.